The summed E-state index contributed by atoms with van der Waals surface area (Å²) in [5.74, 6) is -0.0581. The van der Waals surface area contributed by atoms with Crippen LogP contribution in [0.2, 0.25) is 0 Å². The van der Waals surface area contributed by atoms with Gasteiger partial charge in [0.15, 0.2) is 0 Å². The highest BCUT2D eigenvalue weighted by atomic mass is 16.6. The molecule has 8 heteroatoms. The molecule has 1 heterocycles. The molecule has 0 atom stereocenters. The van der Waals surface area contributed by atoms with Gasteiger partial charge in [-0.2, -0.15) is 0 Å². The molecule has 3 amide bonds. The Morgan fingerprint density at radius 2 is 1.60 bits per heavy atom. The number of amides is 3. The molecule has 166 valence electrons. The molecule has 1 aliphatic heterocycles. The second-order valence-electron chi connectivity index (χ2n) is 8.34. The van der Waals surface area contributed by atoms with Crippen molar-refractivity contribution in [3.05, 3.63) is 30.3 Å². The van der Waals surface area contributed by atoms with E-state index in [2.05, 4.69) is 27.7 Å². The number of rotatable bonds is 8. The van der Waals surface area contributed by atoms with Gasteiger partial charge in [0.1, 0.15) is 5.60 Å². The molecule has 1 saturated heterocycles. The van der Waals surface area contributed by atoms with Gasteiger partial charge < -0.3 is 25.2 Å². The van der Waals surface area contributed by atoms with Crippen molar-refractivity contribution in [3.8, 4) is 0 Å². The number of nitrogens with one attached hydrogen (secondary N) is 2. The van der Waals surface area contributed by atoms with Crippen LogP contribution in [0.1, 0.15) is 40.0 Å². The maximum atomic E-state index is 12.4. The summed E-state index contributed by atoms with van der Waals surface area (Å²) in [5, 5.41) is 5.39. The third-order valence-corrected chi connectivity index (χ3v) is 4.66. The minimum absolute atomic E-state index is 0.0644. The molecule has 1 aromatic carbocycles. The van der Waals surface area contributed by atoms with Crippen molar-refractivity contribution in [2.45, 2.75) is 45.6 Å². The summed E-state index contributed by atoms with van der Waals surface area (Å²) >= 11 is 0. The van der Waals surface area contributed by atoms with Crippen molar-refractivity contribution in [1.82, 2.24) is 15.5 Å². The molecular formula is C22H34N4O4. The van der Waals surface area contributed by atoms with Crippen molar-refractivity contribution in [1.29, 1.82) is 0 Å². The summed E-state index contributed by atoms with van der Waals surface area (Å²) in [7, 11) is 0. The third kappa shape index (κ3) is 8.71. The van der Waals surface area contributed by atoms with Crippen LogP contribution in [0.15, 0.2) is 30.3 Å². The lowest BCUT2D eigenvalue weighted by molar-refractivity contribution is -0.131. The number of carbonyl (C=O) groups excluding carboxylic acids is 3. The van der Waals surface area contributed by atoms with Gasteiger partial charge in [0.05, 0.1) is 0 Å². The van der Waals surface area contributed by atoms with Crippen LogP contribution in [0.3, 0.4) is 0 Å². The fourth-order valence-corrected chi connectivity index (χ4v) is 3.16. The summed E-state index contributed by atoms with van der Waals surface area (Å²) < 4.78 is 5.13. The zero-order valence-electron chi connectivity index (χ0n) is 18.3. The van der Waals surface area contributed by atoms with E-state index in [9.17, 15) is 14.4 Å². The van der Waals surface area contributed by atoms with E-state index in [-0.39, 0.29) is 11.8 Å². The Morgan fingerprint density at radius 1 is 0.933 bits per heavy atom. The van der Waals surface area contributed by atoms with Crippen LogP contribution in [0.5, 0.6) is 0 Å². The van der Waals surface area contributed by atoms with Crippen LogP contribution in [-0.4, -0.2) is 67.7 Å². The zero-order valence-corrected chi connectivity index (χ0v) is 18.3. The molecule has 0 radical (unpaired) electrons. The average Bonchev–Trinajstić information content (AvgIpc) is 2.70. The lowest BCUT2D eigenvalue weighted by Crippen LogP contribution is -2.49. The number of alkyl carbamates (subject to hydrolysis) is 1. The minimum Gasteiger partial charge on any atom is -0.444 e. The van der Waals surface area contributed by atoms with E-state index in [1.807, 2.05) is 23.1 Å². The Kier molecular flexibility index (Phi) is 8.95. The van der Waals surface area contributed by atoms with E-state index in [1.54, 1.807) is 20.8 Å². The van der Waals surface area contributed by atoms with E-state index in [1.165, 1.54) is 5.69 Å². The lowest BCUT2D eigenvalue weighted by Gasteiger charge is -2.36. The highest BCUT2D eigenvalue weighted by molar-refractivity contribution is 5.79. The lowest BCUT2D eigenvalue weighted by atomic mass is 10.2. The van der Waals surface area contributed by atoms with E-state index in [0.717, 1.165) is 13.1 Å². The van der Waals surface area contributed by atoms with Gasteiger partial charge in [0.2, 0.25) is 11.8 Å². The number of para-hydroxylation sites is 1. The number of piperazine rings is 1. The predicted molar refractivity (Wildman–Crippen MR) is 116 cm³/mol. The second kappa shape index (κ2) is 11.4. The molecular weight excluding hydrogens is 384 g/mol. The van der Waals surface area contributed by atoms with E-state index in [4.69, 9.17) is 4.74 Å². The number of nitrogens with zero attached hydrogens (tertiary/aromatic N) is 2. The average molecular weight is 419 g/mol. The molecule has 2 N–H and O–H groups in total. The Bertz CT molecular complexity index is 695. The van der Waals surface area contributed by atoms with Crippen molar-refractivity contribution < 1.29 is 19.1 Å². The van der Waals surface area contributed by atoms with Gasteiger partial charge in [-0.3, -0.25) is 9.59 Å². The van der Waals surface area contributed by atoms with Crippen molar-refractivity contribution >= 4 is 23.6 Å². The number of carbonyl (C=O) groups is 3. The van der Waals surface area contributed by atoms with Crippen LogP contribution >= 0.6 is 0 Å². The number of anilines is 1. The predicted octanol–water partition coefficient (Wildman–Crippen LogP) is 2.15. The van der Waals surface area contributed by atoms with Gasteiger partial charge >= 0.3 is 6.09 Å². The standard InChI is InChI=1S/C22H34N4O4/c1-22(2,3)30-21(29)24-12-7-10-19(27)23-13-11-20(28)26-16-14-25(15-17-26)18-8-5-4-6-9-18/h4-6,8-9H,7,10-17H2,1-3H3,(H,23,27)(H,24,29). The number of hydrogen-bond acceptors (Lipinski definition) is 5. The maximum Gasteiger partial charge on any atom is 0.407 e. The fourth-order valence-electron chi connectivity index (χ4n) is 3.16. The summed E-state index contributed by atoms with van der Waals surface area (Å²) in [5.41, 5.74) is 0.639. The normalized spacial score (nSPS) is 14.2. The van der Waals surface area contributed by atoms with Crippen molar-refractivity contribution in [3.63, 3.8) is 0 Å². The first-order valence-corrected chi connectivity index (χ1v) is 10.6. The van der Waals surface area contributed by atoms with Gasteiger partial charge in [0, 0.05) is 57.8 Å². The zero-order chi connectivity index (χ0) is 22.0. The smallest absolute Gasteiger partial charge is 0.407 e. The number of hydrogen-bond donors (Lipinski definition) is 2. The van der Waals surface area contributed by atoms with Gasteiger partial charge in [-0.25, -0.2) is 4.79 Å². The molecule has 1 aromatic rings. The summed E-state index contributed by atoms with van der Waals surface area (Å²) in [4.78, 5) is 39.9. The third-order valence-electron chi connectivity index (χ3n) is 4.66. The summed E-state index contributed by atoms with van der Waals surface area (Å²) in [6, 6.07) is 10.2. The Morgan fingerprint density at radius 3 is 2.23 bits per heavy atom. The molecule has 0 aliphatic carbocycles. The van der Waals surface area contributed by atoms with Crippen molar-refractivity contribution in [2.24, 2.45) is 0 Å². The molecule has 1 fully saturated rings. The molecule has 0 spiro atoms. The second-order valence-corrected chi connectivity index (χ2v) is 8.34. The molecule has 0 aromatic heterocycles. The number of benzene rings is 1. The van der Waals surface area contributed by atoms with Crippen LogP contribution in [-0.2, 0) is 14.3 Å². The van der Waals surface area contributed by atoms with Crippen LogP contribution in [0, 0.1) is 0 Å². The first-order chi connectivity index (χ1) is 14.2. The van der Waals surface area contributed by atoms with Gasteiger partial charge in [-0.1, -0.05) is 18.2 Å². The van der Waals surface area contributed by atoms with E-state index < -0.39 is 11.7 Å². The quantitative estimate of drug-likeness (QED) is 0.631. The molecule has 0 unspecified atom stereocenters. The SMILES string of the molecule is CC(C)(C)OC(=O)NCCCC(=O)NCCC(=O)N1CCN(c2ccccc2)CC1. The first-order valence-electron chi connectivity index (χ1n) is 10.6. The molecule has 0 saturated carbocycles. The fraction of sp³-hybridized carbons (Fsp3) is 0.591. The molecule has 8 nitrogen and oxygen atoms in total. The first kappa shape index (κ1) is 23.5. The highest BCUT2D eigenvalue weighted by Crippen LogP contribution is 2.15. The summed E-state index contributed by atoms with van der Waals surface area (Å²) in [6.07, 6.45) is 0.619. The highest BCUT2D eigenvalue weighted by Gasteiger charge is 2.21. The van der Waals surface area contributed by atoms with Gasteiger partial charge in [-0.15, -0.1) is 0 Å². The largest absolute Gasteiger partial charge is 0.444 e. The van der Waals surface area contributed by atoms with E-state index >= 15 is 0 Å². The molecule has 30 heavy (non-hydrogen) atoms. The van der Waals surface area contributed by atoms with E-state index in [0.29, 0.717) is 45.4 Å². The monoisotopic (exact) mass is 418 g/mol. The topological polar surface area (TPSA) is 91.0 Å². The van der Waals surface area contributed by atoms with Gasteiger partial charge in [-0.05, 0) is 39.3 Å². The summed E-state index contributed by atoms with van der Waals surface area (Å²) in [6.45, 7) is 9.10. The molecule has 1 aliphatic rings. The Hall–Kier alpha value is -2.77. The van der Waals surface area contributed by atoms with Crippen LogP contribution < -0.4 is 15.5 Å². The van der Waals surface area contributed by atoms with Crippen LogP contribution in [0.25, 0.3) is 0 Å². The molecule has 2 rings (SSSR count). The van der Waals surface area contributed by atoms with Crippen molar-refractivity contribution in [2.75, 3.05) is 44.2 Å². The Labute approximate surface area is 178 Å². The number of ether oxygens (including phenoxy) is 1. The maximum absolute atomic E-state index is 12.4. The van der Waals surface area contributed by atoms with Gasteiger partial charge in [0.25, 0.3) is 0 Å². The molecule has 0 bridgehead atoms. The van der Waals surface area contributed by atoms with Crippen LogP contribution in [0.4, 0.5) is 10.5 Å². The Balaban J connectivity index is 1.54. The minimum atomic E-state index is -0.539.